The molecule has 1 saturated carbocycles. The van der Waals surface area contributed by atoms with Gasteiger partial charge < -0.3 is 14.8 Å². The molecule has 27 heavy (non-hydrogen) atoms. The lowest BCUT2D eigenvalue weighted by Crippen LogP contribution is -2.33. The van der Waals surface area contributed by atoms with Crippen LogP contribution in [-0.4, -0.2) is 57.7 Å². The van der Waals surface area contributed by atoms with E-state index in [1.54, 1.807) is 32.2 Å². The highest BCUT2D eigenvalue weighted by molar-refractivity contribution is 7.88. The molecule has 0 atom stereocenters. The highest BCUT2D eigenvalue weighted by atomic mass is 32.2. The number of rotatable bonds is 10. The predicted molar refractivity (Wildman–Crippen MR) is 105 cm³/mol. The van der Waals surface area contributed by atoms with Crippen LogP contribution in [0.15, 0.2) is 18.2 Å². The number of nitrogens with one attached hydrogen (secondary N) is 1. The molecule has 7 nitrogen and oxygen atoms in total. The lowest BCUT2D eigenvalue weighted by Gasteiger charge is -2.18. The van der Waals surface area contributed by atoms with E-state index in [1.807, 2.05) is 0 Å². The Kier molecular flexibility index (Phi) is 7.91. The van der Waals surface area contributed by atoms with Gasteiger partial charge >= 0.3 is 0 Å². The molecule has 0 aromatic heterocycles. The molecule has 1 fully saturated rings. The Morgan fingerprint density at radius 2 is 1.96 bits per heavy atom. The summed E-state index contributed by atoms with van der Waals surface area (Å²) in [5.41, 5.74) is 0.487. The highest BCUT2D eigenvalue weighted by Crippen LogP contribution is 2.32. The molecule has 0 bridgehead atoms. The zero-order valence-corrected chi connectivity index (χ0v) is 17.2. The van der Waals surface area contributed by atoms with Crippen LogP contribution in [0.2, 0.25) is 0 Å². The molecule has 1 aromatic rings. The zero-order valence-electron chi connectivity index (χ0n) is 16.4. The maximum Gasteiger partial charge on any atom is 0.251 e. The number of methoxy groups -OCH3 is 1. The summed E-state index contributed by atoms with van der Waals surface area (Å²) >= 11 is 0. The van der Waals surface area contributed by atoms with E-state index < -0.39 is 10.0 Å². The number of nitrogens with zero attached hydrogens (tertiary/aromatic N) is 1. The van der Waals surface area contributed by atoms with Crippen LogP contribution in [0.4, 0.5) is 0 Å². The molecule has 1 amide bonds. The summed E-state index contributed by atoms with van der Waals surface area (Å²) in [4.78, 5) is 12.3. The van der Waals surface area contributed by atoms with Gasteiger partial charge in [-0.1, -0.05) is 6.92 Å². The van der Waals surface area contributed by atoms with Crippen molar-refractivity contribution in [2.24, 2.45) is 0 Å². The first-order valence-electron chi connectivity index (χ1n) is 9.43. The first-order chi connectivity index (χ1) is 12.8. The minimum atomic E-state index is -3.20. The van der Waals surface area contributed by atoms with E-state index in [0.29, 0.717) is 43.1 Å². The summed E-state index contributed by atoms with van der Waals surface area (Å²) in [6.07, 6.45) is 6.42. The van der Waals surface area contributed by atoms with Crippen LogP contribution in [-0.2, 0) is 10.0 Å². The second-order valence-electron chi connectivity index (χ2n) is 6.75. The van der Waals surface area contributed by atoms with Gasteiger partial charge in [-0.3, -0.25) is 4.79 Å². The Labute approximate surface area is 162 Å². The number of benzene rings is 1. The van der Waals surface area contributed by atoms with Gasteiger partial charge in [0.15, 0.2) is 11.5 Å². The van der Waals surface area contributed by atoms with Crippen molar-refractivity contribution in [2.75, 3.05) is 33.0 Å². The maximum absolute atomic E-state index is 12.3. The molecule has 152 valence electrons. The number of ether oxygens (including phenoxy) is 2. The Morgan fingerprint density at radius 3 is 2.56 bits per heavy atom. The number of amides is 1. The molecule has 0 radical (unpaired) electrons. The predicted octanol–water partition coefficient (Wildman–Crippen LogP) is 2.42. The van der Waals surface area contributed by atoms with Gasteiger partial charge in [-0.15, -0.1) is 0 Å². The summed E-state index contributed by atoms with van der Waals surface area (Å²) in [6.45, 7) is 2.99. The van der Waals surface area contributed by atoms with Crippen LogP contribution in [0.3, 0.4) is 0 Å². The fourth-order valence-corrected chi connectivity index (χ4v) is 4.14. The second kappa shape index (κ2) is 9.94. The minimum Gasteiger partial charge on any atom is -0.493 e. The van der Waals surface area contributed by atoms with Crippen molar-refractivity contribution in [2.45, 2.75) is 45.1 Å². The molecule has 1 aromatic carbocycles. The van der Waals surface area contributed by atoms with Gasteiger partial charge in [0, 0.05) is 25.2 Å². The highest BCUT2D eigenvalue weighted by Gasteiger charge is 2.19. The SMILES string of the molecule is CCN(CCCNC(=O)c1ccc(OC2CCCC2)c(OC)c1)S(C)(=O)=O. The van der Waals surface area contributed by atoms with Crippen molar-refractivity contribution in [1.82, 2.24) is 9.62 Å². The summed E-state index contributed by atoms with van der Waals surface area (Å²) in [5.74, 6) is 0.986. The lowest BCUT2D eigenvalue weighted by atomic mass is 10.2. The molecule has 0 heterocycles. The van der Waals surface area contributed by atoms with Gasteiger partial charge in [-0.2, -0.15) is 0 Å². The Bertz CT molecular complexity index is 730. The first kappa shape index (κ1) is 21.5. The molecule has 8 heteroatoms. The Morgan fingerprint density at radius 1 is 1.26 bits per heavy atom. The van der Waals surface area contributed by atoms with E-state index in [-0.39, 0.29) is 12.0 Å². The molecule has 0 aliphatic heterocycles. The molecule has 1 N–H and O–H groups in total. The van der Waals surface area contributed by atoms with Crippen LogP contribution in [0, 0.1) is 0 Å². The van der Waals surface area contributed by atoms with Crippen LogP contribution in [0.5, 0.6) is 11.5 Å². The number of carbonyl (C=O) groups excluding carboxylic acids is 1. The van der Waals surface area contributed by atoms with Gasteiger partial charge in [-0.25, -0.2) is 12.7 Å². The van der Waals surface area contributed by atoms with E-state index in [9.17, 15) is 13.2 Å². The lowest BCUT2D eigenvalue weighted by molar-refractivity contribution is 0.0952. The van der Waals surface area contributed by atoms with Gasteiger partial charge in [0.25, 0.3) is 5.91 Å². The third kappa shape index (κ3) is 6.39. The summed E-state index contributed by atoms with van der Waals surface area (Å²) in [5, 5.41) is 2.82. The monoisotopic (exact) mass is 398 g/mol. The average Bonchev–Trinajstić information content (AvgIpc) is 3.13. The van der Waals surface area contributed by atoms with E-state index in [1.165, 1.54) is 23.4 Å². The average molecular weight is 399 g/mol. The largest absolute Gasteiger partial charge is 0.493 e. The van der Waals surface area contributed by atoms with E-state index in [0.717, 1.165) is 12.8 Å². The molecule has 0 saturated heterocycles. The minimum absolute atomic E-state index is 0.218. The van der Waals surface area contributed by atoms with Gasteiger partial charge in [0.2, 0.25) is 10.0 Å². The number of carbonyl (C=O) groups is 1. The second-order valence-corrected chi connectivity index (χ2v) is 8.74. The van der Waals surface area contributed by atoms with Gasteiger partial charge in [0.1, 0.15) is 0 Å². The van der Waals surface area contributed by atoms with Crippen molar-refractivity contribution < 1.29 is 22.7 Å². The molecular weight excluding hydrogens is 368 g/mol. The van der Waals surface area contributed by atoms with Crippen LogP contribution in [0.25, 0.3) is 0 Å². The van der Waals surface area contributed by atoms with Crippen molar-refractivity contribution in [3.05, 3.63) is 23.8 Å². The van der Waals surface area contributed by atoms with Crippen LogP contribution < -0.4 is 14.8 Å². The van der Waals surface area contributed by atoms with E-state index in [4.69, 9.17) is 9.47 Å². The first-order valence-corrected chi connectivity index (χ1v) is 11.3. The van der Waals surface area contributed by atoms with Crippen molar-refractivity contribution in [1.29, 1.82) is 0 Å². The number of hydrogen-bond acceptors (Lipinski definition) is 5. The van der Waals surface area contributed by atoms with E-state index in [2.05, 4.69) is 5.32 Å². The van der Waals surface area contributed by atoms with Crippen molar-refractivity contribution in [3.8, 4) is 11.5 Å². The normalized spacial score (nSPS) is 15.1. The fourth-order valence-electron chi connectivity index (χ4n) is 3.21. The molecule has 1 aliphatic carbocycles. The smallest absolute Gasteiger partial charge is 0.251 e. The molecule has 0 unspecified atom stereocenters. The van der Waals surface area contributed by atoms with Crippen LogP contribution >= 0.6 is 0 Å². The quantitative estimate of drug-likeness (QED) is 0.612. The topological polar surface area (TPSA) is 84.9 Å². The fraction of sp³-hybridized carbons (Fsp3) is 0.632. The molecule has 2 rings (SSSR count). The Balaban J connectivity index is 1.88. The van der Waals surface area contributed by atoms with Gasteiger partial charge in [0.05, 0.1) is 19.5 Å². The number of sulfonamides is 1. The van der Waals surface area contributed by atoms with E-state index >= 15 is 0 Å². The molecular formula is C19H30N2O5S. The summed E-state index contributed by atoms with van der Waals surface area (Å²) < 4.78 is 35.8. The molecule has 1 aliphatic rings. The Hall–Kier alpha value is -1.80. The molecule has 0 spiro atoms. The van der Waals surface area contributed by atoms with Gasteiger partial charge in [-0.05, 0) is 50.3 Å². The zero-order chi connectivity index (χ0) is 19.9. The summed E-state index contributed by atoms with van der Waals surface area (Å²) in [6, 6.07) is 5.17. The third-order valence-corrected chi connectivity index (χ3v) is 6.09. The maximum atomic E-state index is 12.3. The van der Waals surface area contributed by atoms with Crippen molar-refractivity contribution >= 4 is 15.9 Å². The van der Waals surface area contributed by atoms with Crippen LogP contribution in [0.1, 0.15) is 49.4 Å². The number of hydrogen-bond donors (Lipinski definition) is 1. The summed E-state index contributed by atoms with van der Waals surface area (Å²) in [7, 11) is -1.64. The third-order valence-electron chi connectivity index (χ3n) is 4.71. The standard InChI is InChI=1S/C19H30N2O5S/c1-4-21(27(3,23)24)13-7-12-20-19(22)15-10-11-17(18(14-15)25-2)26-16-8-5-6-9-16/h10-11,14,16H,4-9,12-13H2,1-3H3,(H,20,22). The van der Waals surface area contributed by atoms with Crippen molar-refractivity contribution in [3.63, 3.8) is 0 Å².